The smallest absolute Gasteiger partial charge is 0.270 e. The van der Waals surface area contributed by atoms with E-state index in [1.54, 1.807) is 36.4 Å². The Morgan fingerprint density at radius 1 is 1.15 bits per heavy atom. The number of anilines is 1. The number of halogens is 2. The van der Waals surface area contributed by atoms with E-state index in [1.165, 1.54) is 18.1 Å². The largest absolute Gasteiger partial charge is 0.496 e. The number of ether oxygens (including phenoxy) is 1. The van der Waals surface area contributed by atoms with Gasteiger partial charge in [0.25, 0.3) is 11.8 Å². The van der Waals surface area contributed by atoms with Crippen molar-refractivity contribution >= 4 is 64.1 Å². The number of methoxy groups -OCH3 is 1. The van der Waals surface area contributed by atoms with Crippen molar-refractivity contribution in [3.8, 4) is 5.75 Å². The summed E-state index contributed by atoms with van der Waals surface area (Å²) < 4.78 is 5.27. The highest BCUT2D eigenvalue weighted by Crippen LogP contribution is 2.29. The molecular weight excluding hydrogens is 407 g/mol. The topological polar surface area (TPSA) is 58.6 Å². The number of rotatable bonds is 3. The van der Waals surface area contributed by atoms with Crippen LogP contribution in [0.15, 0.2) is 42.0 Å². The van der Waals surface area contributed by atoms with Crippen LogP contribution in [0, 0.1) is 6.92 Å². The molecule has 8 heteroatoms. The number of thiocarbonyl (C=S) groups is 1. The monoisotopic (exact) mass is 420 g/mol. The van der Waals surface area contributed by atoms with Crippen molar-refractivity contribution < 1.29 is 14.3 Å². The van der Waals surface area contributed by atoms with Gasteiger partial charge in [0.05, 0.1) is 12.8 Å². The summed E-state index contributed by atoms with van der Waals surface area (Å²) in [4.78, 5) is 26.6. The number of nitrogens with zero attached hydrogens (tertiary/aromatic N) is 1. The Bertz CT molecular complexity index is 1000. The SMILES string of the molecule is COc1ccc(Cl)cc1/C=C1\C(=O)NC(=S)N(c2ccc(C)c(Cl)c2)C1=O. The van der Waals surface area contributed by atoms with E-state index >= 15 is 0 Å². The van der Waals surface area contributed by atoms with Gasteiger partial charge in [0.1, 0.15) is 11.3 Å². The summed E-state index contributed by atoms with van der Waals surface area (Å²) in [7, 11) is 1.49. The summed E-state index contributed by atoms with van der Waals surface area (Å²) in [5.41, 5.74) is 1.72. The molecule has 0 aromatic heterocycles. The molecule has 1 aliphatic rings. The number of carbonyl (C=O) groups excluding carboxylic acids is 2. The second kappa shape index (κ2) is 7.68. The second-order valence-corrected chi connectivity index (χ2v) is 7.01. The van der Waals surface area contributed by atoms with Crippen LogP contribution < -0.4 is 15.0 Å². The molecule has 0 aliphatic carbocycles. The van der Waals surface area contributed by atoms with Crippen molar-refractivity contribution in [2.45, 2.75) is 6.92 Å². The highest BCUT2D eigenvalue weighted by atomic mass is 35.5. The van der Waals surface area contributed by atoms with E-state index in [2.05, 4.69) is 5.32 Å². The van der Waals surface area contributed by atoms with Crippen LogP contribution in [0.4, 0.5) is 5.69 Å². The number of benzene rings is 2. The van der Waals surface area contributed by atoms with Crippen LogP contribution in [0.5, 0.6) is 5.75 Å². The molecule has 1 aliphatic heterocycles. The van der Waals surface area contributed by atoms with Crippen LogP contribution >= 0.6 is 35.4 Å². The maximum Gasteiger partial charge on any atom is 0.270 e. The van der Waals surface area contributed by atoms with Crippen molar-refractivity contribution in [2.75, 3.05) is 12.0 Å². The van der Waals surface area contributed by atoms with E-state index in [0.717, 1.165) is 5.56 Å². The number of amides is 2. The summed E-state index contributed by atoms with van der Waals surface area (Å²) in [5.74, 6) is -0.683. The van der Waals surface area contributed by atoms with Crippen LogP contribution in [0.25, 0.3) is 6.08 Å². The van der Waals surface area contributed by atoms with Gasteiger partial charge in [0.2, 0.25) is 0 Å². The number of hydrogen-bond donors (Lipinski definition) is 1. The van der Waals surface area contributed by atoms with Crippen LogP contribution in [-0.4, -0.2) is 24.0 Å². The quantitative estimate of drug-likeness (QED) is 0.460. The zero-order valence-electron chi connectivity index (χ0n) is 14.4. The lowest BCUT2D eigenvalue weighted by Crippen LogP contribution is -2.54. The van der Waals surface area contributed by atoms with E-state index in [1.807, 2.05) is 6.92 Å². The standard InChI is InChI=1S/C19H14Cl2N2O3S/c1-10-3-5-13(9-15(10)21)23-18(25)14(17(24)22-19(23)27)8-11-7-12(20)4-6-16(11)26-2/h3-9H,1-2H3,(H,22,24,27)/b14-8+. The highest BCUT2D eigenvalue weighted by Gasteiger charge is 2.34. The Labute approximate surface area is 171 Å². The summed E-state index contributed by atoms with van der Waals surface area (Å²) in [5, 5.41) is 3.45. The van der Waals surface area contributed by atoms with Gasteiger partial charge in [-0.2, -0.15) is 0 Å². The van der Waals surface area contributed by atoms with E-state index in [0.29, 0.717) is 27.0 Å². The van der Waals surface area contributed by atoms with Gasteiger partial charge in [-0.1, -0.05) is 29.3 Å². The summed E-state index contributed by atoms with van der Waals surface area (Å²) in [6.07, 6.45) is 1.42. The Hall–Kier alpha value is -2.41. The van der Waals surface area contributed by atoms with Crippen molar-refractivity contribution in [3.05, 3.63) is 63.1 Å². The second-order valence-electron chi connectivity index (χ2n) is 5.78. The maximum absolute atomic E-state index is 13.0. The zero-order chi connectivity index (χ0) is 19.7. The van der Waals surface area contributed by atoms with Gasteiger partial charge >= 0.3 is 0 Å². The third-order valence-corrected chi connectivity index (χ3v) is 4.93. The molecule has 0 atom stereocenters. The first-order valence-corrected chi connectivity index (χ1v) is 8.99. The van der Waals surface area contributed by atoms with Crippen molar-refractivity contribution in [1.82, 2.24) is 5.32 Å². The minimum atomic E-state index is -0.596. The Morgan fingerprint density at radius 2 is 1.89 bits per heavy atom. The number of aryl methyl sites for hydroxylation is 1. The van der Waals surface area contributed by atoms with Crippen molar-refractivity contribution in [1.29, 1.82) is 0 Å². The van der Waals surface area contributed by atoms with Gasteiger partial charge in [-0.3, -0.25) is 19.8 Å². The molecule has 2 aromatic rings. The summed E-state index contributed by atoms with van der Waals surface area (Å²) in [6.45, 7) is 1.85. The molecule has 1 N–H and O–H groups in total. The molecule has 0 bridgehead atoms. The van der Waals surface area contributed by atoms with Gasteiger partial charge in [-0.05, 0) is 61.1 Å². The molecule has 138 valence electrons. The molecule has 27 heavy (non-hydrogen) atoms. The molecule has 0 radical (unpaired) electrons. The normalized spacial score (nSPS) is 15.9. The molecule has 3 rings (SSSR count). The first-order valence-electron chi connectivity index (χ1n) is 7.83. The molecule has 1 fully saturated rings. The third-order valence-electron chi connectivity index (χ3n) is 4.01. The summed E-state index contributed by atoms with van der Waals surface area (Å²) >= 11 is 17.4. The average molecular weight is 421 g/mol. The van der Waals surface area contributed by atoms with E-state index in [-0.39, 0.29) is 10.7 Å². The van der Waals surface area contributed by atoms with Gasteiger partial charge in [0.15, 0.2) is 5.11 Å². The molecule has 2 amide bonds. The van der Waals surface area contributed by atoms with Crippen LogP contribution in [0.3, 0.4) is 0 Å². The van der Waals surface area contributed by atoms with E-state index in [4.69, 9.17) is 40.2 Å². The van der Waals surface area contributed by atoms with Crippen LogP contribution in [-0.2, 0) is 9.59 Å². The third kappa shape index (κ3) is 3.83. The zero-order valence-corrected chi connectivity index (χ0v) is 16.7. The Balaban J connectivity index is 2.07. The average Bonchev–Trinajstić information content (AvgIpc) is 2.61. The predicted octanol–water partition coefficient (Wildman–Crippen LogP) is 4.14. The lowest BCUT2D eigenvalue weighted by Gasteiger charge is -2.29. The number of nitrogens with one attached hydrogen (secondary N) is 1. The minimum absolute atomic E-state index is 0.0138. The molecule has 0 spiro atoms. The van der Waals surface area contributed by atoms with Gasteiger partial charge in [0, 0.05) is 15.6 Å². The fraction of sp³-hybridized carbons (Fsp3) is 0.105. The van der Waals surface area contributed by atoms with Crippen molar-refractivity contribution in [3.63, 3.8) is 0 Å². The fourth-order valence-corrected chi connectivity index (χ4v) is 3.22. The molecule has 5 nitrogen and oxygen atoms in total. The molecule has 0 unspecified atom stereocenters. The van der Waals surface area contributed by atoms with Gasteiger partial charge in [-0.25, -0.2) is 0 Å². The number of carbonyl (C=O) groups is 2. The Kier molecular flexibility index (Phi) is 5.51. The van der Waals surface area contributed by atoms with Gasteiger partial charge < -0.3 is 4.74 Å². The molecule has 1 saturated heterocycles. The molecule has 0 saturated carbocycles. The Morgan fingerprint density at radius 3 is 2.56 bits per heavy atom. The van der Waals surface area contributed by atoms with E-state index in [9.17, 15) is 9.59 Å². The summed E-state index contributed by atoms with van der Waals surface area (Å²) in [6, 6.07) is 10.0. The van der Waals surface area contributed by atoms with Crippen LogP contribution in [0.1, 0.15) is 11.1 Å². The van der Waals surface area contributed by atoms with Crippen LogP contribution in [0.2, 0.25) is 10.0 Å². The highest BCUT2D eigenvalue weighted by molar-refractivity contribution is 7.80. The minimum Gasteiger partial charge on any atom is -0.496 e. The molecular formula is C19H14Cl2N2O3S. The maximum atomic E-state index is 13.0. The first-order chi connectivity index (χ1) is 12.8. The molecule has 1 heterocycles. The van der Waals surface area contributed by atoms with Gasteiger partial charge in [-0.15, -0.1) is 0 Å². The van der Waals surface area contributed by atoms with Crippen molar-refractivity contribution in [2.24, 2.45) is 0 Å². The lowest BCUT2D eigenvalue weighted by molar-refractivity contribution is -0.122. The number of hydrogen-bond acceptors (Lipinski definition) is 4. The fourth-order valence-electron chi connectivity index (χ4n) is 2.59. The molecule has 2 aromatic carbocycles. The first kappa shape index (κ1) is 19.4. The predicted molar refractivity (Wildman–Crippen MR) is 110 cm³/mol. The lowest BCUT2D eigenvalue weighted by atomic mass is 10.1. The van der Waals surface area contributed by atoms with E-state index < -0.39 is 11.8 Å².